The Hall–Kier alpha value is -3.32. The predicted molar refractivity (Wildman–Crippen MR) is 120 cm³/mol. The third kappa shape index (κ3) is 5.84. The first-order valence-electron chi connectivity index (χ1n) is 10.1. The van der Waals surface area contributed by atoms with Gasteiger partial charge < -0.3 is 19.9 Å². The number of ether oxygens (including phenoxy) is 1. The quantitative estimate of drug-likeness (QED) is 0.561. The molecule has 7 heteroatoms. The summed E-state index contributed by atoms with van der Waals surface area (Å²) in [6.45, 7) is 4.42. The van der Waals surface area contributed by atoms with Gasteiger partial charge in [-0.05, 0) is 44.3 Å². The van der Waals surface area contributed by atoms with Gasteiger partial charge in [-0.25, -0.2) is 4.79 Å². The summed E-state index contributed by atoms with van der Waals surface area (Å²) < 4.78 is 6.01. The monoisotopic (exact) mass is 407 g/mol. The van der Waals surface area contributed by atoms with Crippen LogP contribution in [-0.2, 0) is 6.54 Å². The van der Waals surface area contributed by atoms with Gasteiger partial charge in [-0.3, -0.25) is 5.10 Å². The van der Waals surface area contributed by atoms with Crippen LogP contribution < -0.4 is 10.1 Å². The van der Waals surface area contributed by atoms with Gasteiger partial charge in [0.15, 0.2) is 0 Å². The van der Waals surface area contributed by atoms with E-state index in [1.54, 1.807) is 11.1 Å². The van der Waals surface area contributed by atoms with E-state index < -0.39 is 0 Å². The average molecular weight is 408 g/mol. The second kappa shape index (κ2) is 10.5. The molecule has 0 fully saturated rings. The summed E-state index contributed by atoms with van der Waals surface area (Å²) in [4.78, 5) is 16.8. The minimum atomic E-state index is -0.158. The van der Waals surface area contributed by atoms with Crippen molar-refractivity contribution in [2.75, 3.05) is 39.1 Å². The Morgan fingerprint density at radius 1 is 1.13 bits per heavy atom. The number of hydrogen-bond donors (Lipinski definition) is 2. The number of H-pyrrole nitrogens is 1. The normalized spacial score (nSPS) is 10.8. The number of nitrogens with zero attached hydrogens (tertiary/aromatic N) is 3. The molecule has 0 unspecified atom stereocenters. The van der Waals surface area contributed by atoms with Gasteiger partial charge in [-0.2, -0.15) is 5.10 Å². The number of aromatic nitrogens is 2. The molecule has 1 heterocycles. The SMILES string of the molecule is CCN(Cc1ccccc1)C(=O)Nc1ccc(-c2cn[nH]c2)cc1OCCN(C)C. The molecular weight excluding hydrogens is 378 g/mol. The fourth-order valence-corrected chi connectivity index (χ4v) is 3.00. The minimum Gasteiger partial charge on any atom is -0.490 e. The van der Waals surface area contributed by atoms with Gasteiger partial charge in [-0.1, -0.05) is 36.4 Å². The van der Waals surface area contributed by atoms with Crippen LogP contribution in [0.15, 0.2) is 60.9 Å². The van der Waals surface area contributed by atoms with Gasteiger partial charge in [0.2, 0.25) is 0 Å². The third-order valence-corrected chi connectivity index (χ3v) is 4.74. The van der Waals surface area contributed by atoms with Crippen molar-refractivity contribution in [2.24, 2.45) is 0 Å². The van der Waals surface area contributed by atoms with E-state index in [1.807, 2.05) is 75.7 Å². The molecule has 2 aromatic carbocycles. The summed E-state index contributed by atoms with van der Waals surface area (Å²) in [5.41, 5.74) is 3.67. The number of carbonyl (C=O) groups is 1. The molecule has 0 saturated heterocycles. The van der Waals surface area contributed by atoms with E-state index in [-0.39, 0.29) is 6.03 Å². The summed E-state index contributed by atoms with van der Waals surface area (Å²) in [7, 11) is 3.99. The number of urea groups is 1. The van der Waals surface area contributed by atoms with E-state index in [0.29, 0.717) is 31.1 Å². The van der Waals surface area contributed by atoms with Gasteiger partial charge in [0, 0.05) is 31.4 Å². The highest BCUT2D eigenvalue weighted by Crippen LogP contribution is 2.31. The zero-order valence-electron chi connectivity index (χ0n) is 17.8. The predicted octanol–water partition coefficient (Wildman–Crippen LogP) is 4.07. The topological polar surface area (TPSA) is 73.5 Å². The summed E-state index contributed by atoms with van der Waals surface area (Å²) in [6, 6.07) is 15.6. The standard InChI is InChI=1S/C23H29N5O2/c1-4-28(17-18-8-6-5-7-9-18)23(29)26-21-11-10-19(20-15-24-25-16-20)14-22(21)30-13-12-27(2)3/h5-11,14-16H,4,12-13,17H2,1-3H3,(H,24,25)(H,26,29). The molecule has 158 valence electrons. The van der Waals surface area contributed by atoms with Gasteiger partial charge >= 0.3 is 6.03 Å². The smallest absolute Gasteiger partial charge is 0.322 e. The number of benzene rings is 2. The first-order chi connectivity index (χ1) is 14.6. The maximum absolute atomic E-state index is 12.9. The van der Waals surface area contributed by atoms with E-state index >= 15 is 0 Å². The van der Waals surface area contributed by atoms with Crippen LogP contribution in [0.2, 0.25) is 0 Å². The zero-order chi connectivity index (χ0) is 21.3. The van der Waals surface area contributed by atoms with Crippen LogP contribution >= 0.6 is 0 Å². The van der Waals surface area contributed by atoms with Crippen LogP contribution in [0.1, 0.15) is 12.5 Å². The van der Waals surface area contributed by atoms with Gasteiger partial charge in [0.25, 0.3) is 0 Å². The summed E-state index contributed by atoms with van der Waals surface area (Å²) in [5.74, 6) is 0.639. The molecule has 0 spiro atoms. The molecule has 0 radical (unpaired) electrons. The molecule has 0 saturated carbocycles. The van der Waals surface area contributed by atoms with Crippen LogP contribution in [0.25, 0.3) is 11.1 Å². The number of nitrogens with one attached hydrogen (secondary N) is 2. The molecule has 0 aliphatic rings. The number of carbonyl (C=O) groups excluding carboxylic acids is 1. The Balaban J connectivity index is 1.77. The van der Waals surface area contributed by atoms with Crippen LogP contribution in [-0.4, -0.2) is 59.8 Å². The second-order valence-electron chi connectivity index (χ2n) is 7.28. The van der Waals surface area contributed by atoms with Crippen molar-refractivity contribution in [1.29, 1.82) is 0 Å². The lowest BCUT2D eigenvalue weighted by molar-refractivity contribution is 0.212. The summed E-state index contributed by atoms with van der Waals surface area (Å²) >= 11 is 0. The van der Waals surface area contributed by atoms with Crippen molar-refractivity contribution in [3.63, 3.8) is 0 Å². The average Bonchev–Trinajstić information content (AvgIpc) is 3.28. The molecule has 3 rings (SSSR count). The lowest BCUT2D eigenvalue weighted by Gasteiger charge is -2.23. The van der Waals surface area contributed by atoms with E-state index in [0.717, 1.165) is 23.2 Å². The number of anilines is 1. The molecular formula is C23H29N5O2. The number of rotatable bonds is 9. The first kappa shape index (κ1) is 21.4. The molecule has 2 N–H and O–H groups in total. The second-order valence-corrected chi connectivity index (χ2v) is 7.28. The van der Waals surface area contributed by atoms with Crippen molar-refractivity contribution in [2.45, 2.75) is 13.5 Å². The molecule has 2 amide bonds. The Morgan fingerprint density at radius 2 is 1.93 bits per heavy atom. The Kier molecular flexibility index (Phi) is 7.45. The molecule has 0 bridgehead atoms. The molecule has 7 nitrogen and oxygen atoms in total. The fourth-order valence-electron chi connectivity index (χ4n) is 3.00. The molecule has 0 aliphatic carbocycles. The van der Waals surface area contributed by atoms with Crippen molar-refractivity contribution in [1.82, 2.24) is 20.0 Å². The molecule has 0 atom stereocenters. The number of hydrogen-bond acceptors (Lipinski definition) is 4. The third-order valence-electron chi connectivity index (χ3n) is 4.74. The molecule has 0 aliphatic heterocycles. The highest BCUT2D eigenvalue weighted by Gasteiger charge is 2.16. The van der Waals surface area contributed by atoms with Crippen LogP contribution in [0.3, 0.4) is 0 Å². The largest absolute Gasteiger partial charge is 0.490 e. The highest BCUT2D eigenvalue weighted by atomic mass is 16.5. The zero-order valence-corrected chi connectivity index (χ0v) is 17.8. The van der Waals surface area contributed by atoms with Crippen molar-refractivity contribution in [3.8, 4) is 16.9 Å². The van der Waals surface area contributed by atoms with Crippen molar-refractivity contribution in [3.05, 3.63) is 66.5 Å². The summed E-state index contributed by atoms with van der Waals surface area (Å²) in [5, 5.41) is 9.85. The maximum atomic E-state index is 12.9. The van der Waals surface area contributed by atoms with E-state index in [2.05, 4.69) is 20.4 Å². The van der Waals surface area contributed by atoms with Crippen LogP contribution in [0.5, 0.6) is 5.75 Å². The van der Waals surface area contributed by atoms with Crippen molar-refractivity contribution >= 4 is 11.7 Å². The highest BCUT2D eigenvalue weighted by molar-refractivity contribution is 5.91. The number of amides is 2. The van der Waals surface area contributed by atoms with E-state index in [9.17, 15) is 4.79 Å². The fraction of sp³-hybridized carbons (Fsp3) is 0.304. The Bertz CT molecular complexity index is 926. The van der Waals surface area contributed by atoms with Gasteiger partial charge in [-0.15, -0.1) is 0 Å². The minimum absolute atomic E-state index is 0.158. The number of likely N-dealkylation sites (N-methyl/N-ethyl adjacent to an activating group) is 1. The lowest BCUT2D eigenvalue weighted by atomic mass is 10.1. The molecule has 30 heavy (non-hydrogen) atoms. The lowest BCUT2D eigenvalue weighted by Crippen LogP contribution is -2.34. The van der Waals surface area contributed by atoms with Gasteiger partial charge in [0.05, 0.1) is 11.9 Å². The van der Waals surface area contributed by atoms with E-state index in [1.165, 1.54) is 0 Å². The van der Waals surface area contributed by atoms with E-state index in [4.69, 9.17) is 4.74 Å². The molecule has 1 aromatic heterocycles. The first-order valence-corrected chi connectivity index (χ1v) is 10.1. The van der Waals surface area contributed by atoms with Crippen molar-refractivity contribution < 1.29 is 9.53 Å². The Labute approximate surface area is 177 Å². The van der Waals surface area contributed by atoms with Crippen LogP contribution in [0.4, 0.5) is 10.5 Å². The maximum Gasteiger partial charge on any atom is 0.322 e. The number of aromatic amines is 1. The van der Waals surface area contributed by atoms with Crippen LogP contribution in [0, 0.1) is 0 Å². The Morgan fingerprint density at radius 3 is 2.60 bits per heavy atom. The summed E-state index contributed by atoms with van der Waals surface area (Å²) in [6.07, 6.45) is 3.59. The molecule has 3 aromatic rings. The van der Waals surface area contributed by atoms with Gasteiger partial charge in [0.1, 0.15) is 12.4 Å².